The average Bonchev–Trinajstić information content (AvgIpc) is 3.46. The molecular weight excluding hydrogens is 521 g/mol. The van der Waals surface area contributed by atoms with E-state index in [0.29, 0.717) is 35.9 Å². The van der Waals surface area contributed by atoms with Crippen molar-refractivity contribution in [1.29, 1.82) is 0 Å². The van der Waals surface area contributed by atoms with Crippen LogP contribution in [0.4, 0.5) is 10.1 Å². The highest BCUT2D eigenvalue weighted by Gasteiger charge is 2.31. The number of fused-ring (bicyclic) bond motifs is 3. The van der Waals surface area contributed by atoms with Crippen molar-refractivity contribution in [3.8, 4) is 0 Å². The van der Waals surface area contributed by atoms with Crippen LogP contribution in [-0.2, 0) is 10.3 Å². The Kier molecular flexibility index (Phi) is 6.91. The predicted octanol–water partition coefficient (Wildman–Crippen LogP) is 7.03. The third kappa shape index (κ3) is 4.91. The molecule has 3 heterocycles. The van der Waals surface area contributed by atoms with Gasteiger partial charge in [-0.25, -0.2) is 4.39 Å². The Labute approximate surface area is 237 Å². The molecule has 0 aliphatic carbocycles. The number of aromatic nitrogens is 2. The fourth-order valence-corrected chi connectivity index (χ4v) is 6.13. The maximum Gasteiger partial charge on any atom is 0.256 e. The summed E-state index contributed by atoms with van der Waals surface area (Å²) < 4.78 is 27.3. The van der Waals surface area contributed by atoms with Gasteiger partial charge in [-0.1, -0.05) is 35.5 Å². The zero-order valence-electron chi connectivity index (χ0n) is 23.7. The summed E-state index contributed by atoms with van der Waals surface area (Å²) in [4.78, 5) is 13.8. The van der Waals surface area contributed by atoms with Crippen molar-refractivity contribution >= 4 is 33.4 Å². The lowest BCUT2D eigenvalue weighted by Gasteiger charge is -2.33. The number of anilines is 1. The monoisotopic (exact) mass is 555 g/mol. The molecule has 6 rings (SSSR count). The number of nitrogens with one attached hydrogen (secondary N) is 1. The highest BCUT2D eigenvalue weighted by molar-refractivity contribution is 6.21. The van der Waals surface area contributed by atoms with E-state index in [9.17, 15) is 14.3 Å². The topological polar surface area (TPSA) is 89.5 Å². The normalized spacial score (nSPS) is 15.5. The van der Waals surface area contributed by atoms with Crippen LogP contribution in [0, 0.1) is 25.6 Å². The highest BCUT2D eigenvalue weighted by Crippen LogP contribution is 2.42. The van der Waals surface area contributed by atoms with Crippen molar-refractivity contribution in [3.63, 3.8) is 0 Å². The second kappa shape index (κ2) is 10.4. The van der Waals surface area contributed by atoms with Crippen molar-refractivity contribution in [2.45, 2.75) is 52.2 Å². The van der Waals surface area contributed by atoms with Gasteiger partial charge in [-0.2, -0.15) is 0 Å². The Balaban J connectivity index is 1.63. The molecule has 1 atom stereocenters. The highest BCUT2D eigenvalue weighted by atomic mass is 19.1. The van der Waals surface area contributed by atoms with Crippen LogP contribution in [0.25, 0.3) is 21.8 Å². The summed E-state index contributed by atoms with van der Waals surface area (Å²) in [5, 5.41) is 19.6. The number of carbonyl (C=O) groups excluding carboxylic acids is 1. The Morgan fingerprint density at radius 2 is 1.80 bits per heavy atom. The molecule has 0 radical (unpaired) electrons. The number of aryl methyl sites for hydroxylation is 2. The minimum atomic E-state index is -1.07. The van der Waals surface area contributed by atoms with E-state index in [0.717, 1.165) is 45.8 Å². The van der Waals surface area contributed by atoms with Gasteiger partial charge in [-0.15, -0.1) is 0 Å². The minimum Gasteiger partial charge on any atom is -0.386 e. The number of carbonyl (C=O) groups is 1. The van der Waals surface area contributed by atoms with Gasteiger partial charge in [0.2, 0.25) is 0 Å². The lowest BCUT2D eigenvalue weighted by Crippen LogP contribution is -2.27. The van der Waals surface area contributed by atoms with E-state index >= 15 is 0 Å². The molecule has 1 unspecified atom stereocenters. The zero-order valence-corrected chi connectivity index (χ0v) is 23.7. The molecule has 41 heavy (non-hydrogen) atoms. The Hall–Kier alpha value is -4.01. The molecule has 0 spiro atoms. The molecule has 2 aromatic heterocycles. The number of halogens is 1. The molecule has 3 aromatic carbocycles. The van der Waals surface area contributed by atoms with Crippen LogP contribution in [-0.4, -0.2) is 34.0 Å². The number of rotatable bonds is 6. The summed E-state index contributed by atoms with van der Waals surface area (Å²) in [5.74, 6) is 0.207. The first-order valence-corrected chi connectivity index (χ1v) is 14.0. The number of benzene rings is 3. The standard InChI is InChI=1S/C33H34FN3O4/c1-19-30(20(2)41-36-19)35-32(38)26-6-5-7-27-29(26)25-13-10-23(33(3,4)39)18-28(25)37(27)31(22-14-16-40-17-15-22)21-8-11-24(34)12-9-21/h5-13,18,22,31,39H,14-17H2,1-4H3,(H,35,38). The molecule has 2 N–H and O–H groups in total. The van der Waals surface area contributed by atoms with Crippen molar-refractivity contribution < 1.29 is 23.6 Å². The first kappa shape index (κ1) is 27.2. The van der Waals surface area contributed by atoms with Gasteiger partial charge >= 0.3 is 0 Å². The van der Waals surface area contributed by atoms with E-state index in [1.807, 2.05) is 48.5 Å². The van der Waals surface area contributed by atoms with Crippen molar-refractivity contribution in [2.24, 2.45) is 5.92 Å². The summed E-state index contributed by atoms with van der Waals surface area (Å²) in [6, 6.07) is 18.2. The molecule has 1 aliphatic heterocycles. The third-order valence-electron chi connectivity index (χ3n) is 8.25. The quantitative estimate of drug-likeness (QED) is 0.235. The van der Waals surface area contributed by atoms with Gasteiger partial charge in [0.25, 0.3) is 5.91 Å². The van der Waals surface area contributed by atoms with Crippen LogP contribution in [0.5, 0.6) is 0 Å². The molecule has 1 amide bonds. The summed E-state index contributed by atoms with van der Waals surface area (Å²) in [7, 11) is 0. The van der Waals surface area contributed by atoms with Crippen LogP contribution in [0.15, 0.2) is 65.2 Å². The maximum atomic E-state index is 14.1. The largest absolute Gasteiger partial charge is 0.386 e. The summed E-state index contributed by atoms with van der Waals surface area (Å²) in [6.07, 6.45) is 1.70. The third-order valence-corrected chi connectivity index (χ3v) is 8.25. The van der Waals surface area contributed by atoms with E-state index < -0.39 is 5.60 Å². The number of hydrogen-bond acceptors (Lipinski definition) is 5. The average molecular weight is 556 g/mol. The molecule has 5 aromatic rings. The second-order valence-electron chi connectivity index (χ2n) is 11.5. The summed E-state index contributed by atoms with van der Waals surface area (Å²) in [5.41, 5.74) is 4.16. The number of ether oxygens (including phenoxy) is 1. The van der Waals surface area contributed by atoms with Gasteiger partial charge in [-0.3, -0.25) is 4.79 Å². The van der Waals surface area contributed by atoms with Crippen LogP contribution >= 0.6 is 0 Å². The lowest BCUT2D eigenvalue weighted by molar-refractivity contribution is 0.0552. The molecule has 1 fully saturated rings. The molecule has 7 nitrogen and oxygen atoms in total. The minimum absolute atomic E-state index is 0.141. The SMILES string of the molecule is Cc1noc(C)c1NC(=O)c1cccc2c1c1ccc(C(C)(C)O)cc1n2C(c1ccc(F)cc1)C1CCOCC1. The zero-order chi connectivity index (χ0) is 28.9. The smallest absolute Gasteiger partial charge is 0.256 e. The number of hydrogen-bond donors (Lipinski definition) is 2. The molecule has 212 valence electrons. The Morgan fingerprint density at radius 3 is 2.46 bits per heavy atom. The molecule has 0 saturated carbocycles. The number of aliphatic hydroxyl groups is 1. The van der Waals surface area contributed by atoms with Gasteiger partial charge < -0.3 is 24.3 Å². The summed E-state index contributed by atoms with van der Waals surface area (Å²) in [6.45, 7) is 8.39. The van der Waals surface area contributed by atoms with E-state index in [1.54, 1.807) is 27.7 Å². The van der Waals surface area contributed by atoms with Gasteiger partial charge in [0, 0.05) is 29.5 Å². The molecular formula is C33H34FN3O4. The van der Waals surface area contributed by atoms with Crippen LogP contribution < -0.4 is 5.32 Å². The molecule has 1 aliphatic rings. The van der Waals surface area contributed by atoms with E-state index in [2.05, 4.69) is 15.0 Å². The fourth-order valence-electron chi connectivity index (χ4n) is 6.13. The maximum absolute atomic E-state index is 14.1. The lowest BCUT2D eigenvalue weighted by atomic mass is 9.86. The second-order valence-corrected chi connectivity index (χ2v) is 11.5. The van der Waals surface area contributed by atoms with E-state index in [1.165, 1.54) is 12.1 Å². The van der Waals surface area contributed by atoms with Gasteiger partial charge in [0.05, 0.1) is 22.7 Å². The first-order chi connectivity index (χ1) is 19.6. The molecule has 8 heteroatoms. The molecule has 0 bridgehead atoms. The fraction of sp³-hybridized carbons (Fsp3) is 0.333. The van der Waals surface area contributed by atoms with Crippen LogP contribution in [0.2, 0.25) is 0 Å². The van der Waals surface area contributed by atoms with Crippen LogP contribution in [0.3, 0.4) is 0 Å². The van der Waals surface area contributed by atoms with Crippen molar-refractivity contribution in [2.75, 3.05) is 18.5 Å². The van der Waals surface area contributed by atoms with Gasteiger partial charge in [0.15, 0.2) is 5.76 Å². The summed E-state index contributed by atoms with van der Waals surface area (Å²) >= 11 is 0. The molecule has 1 saturated heterocycles. The van der Waals surface area contributed by atoms with E-state index in [4.69, 9.17) is 9.26 Å². The predicted molar refractivity (Wildman–Crippen MR) is 157 cm³/mol. The van der Waals surface area contributed by atoms with Crippen molar-refractivity contribution in [3.05, 3.63) is 94.6 Å². The number of amides is 1. The Bertz CT molecular complexity index is 1720. The first-order valence-electron chi connectivity index (χ1n) is 14.0. The van der Waals surface area contributed by atoms with Crippen LogP contribution in [0.1, 0.15) is 65.7 Å². The number of nitrogens with zero attached hydrogens (tertiary/aromatic N) is 2. The Morgan fingerprint density at radius 1 is 1.07 bits per heavy atom. The van der Waals surface area contributed by atoms with Gasteiger partial charge in [0.1, 0.15) is 17.2 Å². The van der Waals surface area contributed by atoms with Gasteiger partial charge in [-0.05, 0) is 87.9 Å². The van der Waals surface area contributed by atoms with E-state index in [-0.39, 0.29) is 23.7 Å². The van der Waals surface area contributed by atoms with Crippen molar-refractivity contribution in [1.82, 2.24) is 9.72 Å².